The maximum atomic E-state index is 13.8. The molecule has 2 fully saturated rings. The minimum atomic E-state index is -4.39. The summed E-state index contributed by atoms with van der Waals surface area (Å²) in [6.45, 7) is 8.39. The topological polar surface area (TPSA) is 175 Å². The van der Waals surface area contributed by atoms with Crippen LogP contribution in [0.15, 0.2) is 42.5 Å². The van der Waals surface area contributed by atoms with E-state index in [1.807, 2.05) is 62.9 Å². The van der Waals surface area contributed by atoms with E-state index in [1.54, 1.807) is 4.90 Å². The molecule has 0 spiro atoms. The Morgan fingerprint density at radius 1 is 0.746 bits per heavy atom. The molecule has 3 aliphatic rings. The molecule has 14 nitrogen and oxygen atoms in total. The number of likely N-dealkylation sites (tertiary alicyclic amines) is 2. The SMILES string of the molecule is COC(=O)N[C@H](C(=O)N1CCC[C@H]1c1nc2c([nH]1)CCCc1cc(-c3ccc(-c4[nH]c([C@@H]5CCCN5C(=O)[C@@H](NC(=O)OC)C(C)C)nc4CCC(F)(F)F)cc3)ccc1-2)C(C)C. The van der Waals surface area contributed by atoms with E-state index in [1.165, 1.54) is 14.2 Å². The van der Waals surface area contributed by atoms with Crippen molar-refractivity contribution in [3.63, 3.8) is 0 Å². The molecule has 2 saturated heterocycles. The number of nitrogens with one attached hydrogen (secondary N) is 4. The molecule has 7 rings (SSSR count). The van der Waals surface area contributed by atoms with Crippen molar-refractivity contribution >= 4 is 24.0 Å². The van der Waals surface area contributed by atoms with Crippen LogP contribution in [0.1, 0.15) is 107 Å². The second-order valence-electron chi connectivity index (χ2n) is 17.4. The van der Waals surface area contributed by atoms with Gasteiger partial charge in [-0.2, -0.15) is 13.2 Å². The van der Waals surface area contributed by atoms with Gasteiger partial charge in [0.25, 0.3) is 0 Å². The van der Waals surface area contributed by atoms with Gasteiger partial charge in [-0.3, -0.25) is 9.59 Å². The number of carbonyl (C=O) groups excluding carboxylic acids is 4. The van der Waals surface area contributed by atoms with Crippen LogP contribution >= 0.6 is 0 Å². The van der Waals surface area contributed by atoms with Crippen molar-refractivity contribution in [1.82, 2.24) is 40.4 Å². The van der Waals surface area contributed by atoms with Crippen LogP contribution < -0.4 is 10.6 Å². The number of benzene rings is 2. The van der Waals surface area contributed by atoms with Gasteiger partial charge in [-0.25, -0.2) is 19.6 Å². The number of aryl methyl sites for hydroxylation is 3. The predicted molar refractivity (Wildman–Crippen MR) is 229 cm³/mol. The Bertz CT molecular complexity index is 2300. The summed E-state index contributed by atoms with van der Waals surface area (Å²) >= 11 is 0. The zero-order valence-corrected chi connectivity index (χ0v) is 36.7. The summed E-state index contributed by atoms with van der Waals surface area (Å²) < 4.78 is 50.2. The van der Waals surface area contributed by atoms with E-state index in [0.29, 0.717) is 43.0 Å². The number of methoxy groups -OCH3 is 2. The zero-order valence-electron chi connectivity index (χ0n) is 36.7. The number of aromatic amines is 2. The van der Waals surface area contributed by atoms with Crippen LogP contribution in [0.5, 0.6) is 0 Å². The highest BCUT2D eigenvalue weighted by molar-refractivity contribution is 5.87. The molecule has 4 heterocycles. The molecular formula is C46H57F3N8O6. The van der Waals surface area contributed by atoms with Gasteiger partial charge >= 0.3 is 18.4 Å². The third-order valence-electron chi connectivity index (χ3n) is 12.5. The van der Waals surface area contributed by atoms with E-state index in [0.717, 1.165) is 71.6 Å². The molecule has 0 bridgehead atoms. The first kappa shape index (κ1) is 45.2. The molecule has 4 amide bonds. The van der Waals surface area contributed by atoms with E-state index in [2.05, 4.69) is 32.7 Å². The second-order valence-corrected chi connectivity index (χ2v) is 17.4. The summed E-state index contributed by atoms with van der Waals surface area (Å²) in [5.41, 5.74) is 7.37. The monoisotopic (exact) mass is 874 g/mol. The maximum Gasteiger partial charge on any atom is 0.407 e. The number of nitrogens with zero attached hydrogens (tertiary/aromatic N) is 4. The van der Waals surface area contributed by atoms with Gasteiger partial charge in [0, 0.05) is 37.2 Å². The Hall–Kier alpha value is -5.87. The van der Waals surface area contributed by atoms with Crippen LogP contribution in [0.4, 0.5) is 22.8 Å². The summed E-state index contributed by atoms with van der Waals surface area (Å²) in [4.78, 5) is 71.9. The molecule has 4 N–H and O–H groups in total. The number of rotatable bonds is 12. The lowest BCUT2D eigenvalue weighted by Gasteiger charge is -2.30. The molecule has 2 aromatic heterocycles. The smallest absolute Gasteiger partial charge is 0.407 e. The number of ether oxygens (including phenoxy) is 2. The first-order valence-electron chi connectivity index (χ1n) is 21.8. The van der Waals surface area contributed by atoms with Crippen LogP contribution in [-0.4, -0.2) is 99.3 Å². The van der Waals surface area contributed by atoms with Gasteiger partial charge in [0.05, 0.1) is 43.4 Å². The number of fused-ring (bicyclic) bond motifs is 3. The van der Waals surface area contributed by atoms with Crippen LogP contribution in [0.2, 0.25) is 0 Å². The van der Waals surface area contributed by atoms with E-state index >= 15 is 0 Å². The average Bonchev–Trinajstić information content (AvgIpc) is 4.08. The fraction of sp³-hybridized carbons (Fsp3) is 0.522. The van der Waals surface area contributed by atoms with Gasteiger partial charge in [-0.15, -0.1) is 0 Å². The number of alkyl carbamates (subject to hydrolysis) is 2. The van der Waals surface area contributed by atoms with Crippen molar-refractivity contribution in [3.8, 4) is 33.6 Å². The molecule has 1 aliphatic carbocycles. The number of hydrogen-bond donors (Lipinski definition) is 4. The largest absolute Gasteiger partial charge is 0.453 e. The predicted octanol–water partition coefficient (Wildman–Crippen LogP) is 8.21. The lowest BCUT2D eigenvalue weighted by Crippen LogP contribution is -2.51. The fourth-order valence-electron chi connectivity index (χ4n) is 9.14. The minimum Gasteiger partial charge on any atom is -0.453 e. The lowest BCUT2D eigenvalue weighted by atomic mass is 9.95. The molecule has 338 valence electrons. The molecule has 4 aromatic rings. The second kappa shape index (κ2) is 18.9. The number of carbonyl (C=O) groups is 4. The highest BCUT2D eigenvalue weighted by Crippen LogP contribution is 2.40. The lowest BCUT2D eigenvalue weighted by molar-refractivity contribution is -0.136. The van der Waals surface area contributed by atoms with E-state index in [4.69, 9.17) is 19.4 Å². The number of amides is 4. The van der Waals surface area contributed by atoms with Crippen molar-refractivity contribution in [1.29, 1.82) is 0 Å². The molecular weight excluding hydrogens is 818 g/mol. The standard InChI is InChI=1S/C46H57F3N8O6/c1-25(2)36(54-44(60)62-5)42(58)56-22-8-12-34(56)40-51-33(20-21-46(47,48)49)38(52-40)28-16-14-27(15-17-28)29-18-19-31-30(24-29)10-7-11-32-39(31)53-41(50-32)35-13-9-23-57(35)43(59)37(26(3)4)55-45(61)63-6/h14-19,24-26,34-37H,7-13,20-23H2,1-6H3,(H,50,53)(H,51,52)(H,54,60)(H,55,61)/t34-,35-,36-,37-/m0/s1. The Balaban J connectivity index is 1.13. The van der Waals surface area contributed by atoms with Crippen molar-refractivity contribution in [2.24, 2.45) is 11.8 Å². The van der Waals surface area contributed by atoms with E-state index < -0.39 is 42.9 Å². The Labute approximate surface area is 365 Å². The minimum absolute atomic E-state index is 0.142. The molecule has 4 atom stereocenters. The van der Waals surface area contributed by atoms with Crippen LogP contribution in [0.25, 0.3) is 33.6 Å². The average molecular weight is 875 g/mol. The molecule has 17 heteroatoms. The van der Waals surface area contributed by atoms with Crippen molar-refractivity contribution < 1.29 is 41.8 Å². The maximum absolute atomic E-state index is 13.8. The van der Waals surface area contributed by atoms with Crippen molar-refractivity contribution in [2.75, 3.05) is 27.3 Å². The third kappa shape index (κ3) is 9.86. The third-order valence-corrected chi connectivity index (χ3v) is 12.5. The molecule has 0 unspecified atom stereocenters. The summed E-state index contributed by atoms with van der Waals surface area (Å²) in [6.07, 6.45) is -1.83. The molecule has 0 radical (unpaired) electrons. The quantitative estimate of drug-likeness (QED) is 0.110. The number of imidazole rings is 2. The summed E-state index contributed by atoms with van der Waals surface area (Å²) in [5.74, 6) is 0.294. The fourth-order valence-corrected chi connectivity index (χ4v) is 9.14. The van der Waals surface area contributed by atoms with Crippen LogP contribution in [-0.2, 0) is 38.3 Å². The molecule has 2 aromatic carbocycles. The summed E-state index contributed by atoms with van der Waals surface area (Å²) in [7, 11) is 2.50. The van der Waals surface area contributed by atoms with Crippen molar-refractivity contribution in [2.45, 2.75) is 116 Å². The van der Waals surface area contributed by atoms with Crippen LogP contribution in [0.3, 0.4) is 0 Å². The first-order valence-corrected chi connectivity index (χ1v) is 21.8. The van der Waals surface area contributed by atoms with Crippen LogP contribution in [0, 0.1) is 11.8 Å². The van der Waals surface area contributed by atoms with Gasteiger partial charge in [-0.1, -0.05) is 70.2 Å². The summed E-state index contributed by atoms with van der Waals surface area (Å²) in [5, 5.41) is 5.33. The zero-order chi connectivity index (χ0) is 45.2. The number of alkyl halides is 3. The van der Waals surface area contributed by atoms with E-state index in [9.17, 15) is 32.3 Å². The highest BCUT2D eigenvalue weighted by atomic mass is 19.4. The number of H-pyrrole nitrogens is 2. The van der Waals surface area contributed by atoms with E-state index in [-0.39, 0.29) is 41.8 Å². The molecule has 63 heavy (non-hydrogen) atoms. The molecule has 0 saturated carbocycles. The van der Waals surface area contributed by atoms with Gasteiger partial charge in [0.2, 0.25) is 11.8 Å². The van der Waals surface area contributed by atoms with Gasteiger partial charge < -0.3 is 39.9 Å². The Morgan fingerprint density at radius 2 is 1.29 bits per heavy atom. The Kier molecular flexibility index (Phi) is 13.5. The van der Waals surface area contributed by atoms with Gasteiger partial charge in [0.15, 0.2) is 0 Å². The highest BCUT2D eigenvalue weighted by Gasteiger charge is 2.40. The van der Waals surface area contributed by atoms with Crippen molar-refractivity contribution in [3.05, 3.63) is 71.1 Å². The number of aromatic nitrogens is 4. The number of halogens is 3. The number of hydrogen-bond acceptors (Lipinski definition) is 8. The van der Waals surface area contributed by atoms with Gasteiger partial charge in [-0.05, 0) is 79.0 Å². The molecule has 2 aliphatic heterocycles. The normalized spacial score (nSPS) is 18.5. The first-order chi connectivity index (χ1) is 30.1. The Morgan fingerprint density at radius 3 is 1.83 bits per heavy atom. The summed E-state index contributed by atoms with van der Waals surface area (Å²) in [6, 6.07) is 11.6. The van der Waals surface area contributed by atoms with Gasteiger partial charge in [0.1, 0.15) is 23.7 Å².